The quantitative estimate of drug-likeness (QED) is 0.328. The van der Waals surface area contributed by atoms with Crippen LogP contribution in [0.5, 0.6) is 0 Å². The molecular weight excluding hydrogens is 446 g/mol. The zero-order valence-corrected chi connectivity index (χ0v) is 19.6. The van der Waals surface area contributed by atoms with Crippen LogP contribution in [-0.2, 0) is 6.54 Å². The van der Waals surface area contributed by atoms with Crippen LogP contribution in [0.15, 0.2) is 53.7 Å². The topological polar surface area (TPSA) is 111 Å². The van der Waals surface area contributed by atoms with E-state index in [0.29, 0.717) is 32.9 Å². The van der Waals surface area contributed by atoms with Crippen LogP contribution >= 0.6 is 11.3 Å². The van der Waals surface area contributed by atoms with Gasteiger partial charge >= 0.3 is 0 Å². The van der Waals surface area contributed by atoms with Gasteiger partial charge in [-0.3, -0.25) is 9.78 Å². The monoisotopic (exact) mass is 473 g/mol. The van der Waals surface area contributed by atoms with Gasteiger partial charge in [-0.1, -0.05) is 12.6 Å². The second kappa shape index (κ2) is 10.1. The third-order valence-electron chi connectivity index (χ3n) is 6.05. The van der Waals surface area contributed by atoms with Crippen molar-refractivity contribution in [1.82, 2.24) is 30.2 Å². The Morgan fingerprint density at radius 2 is 1.94 bits per heavy atom. The lowest BCUT2D eigenvalue weighted by Gasteiger charge is -2.30. The first-order chi connectivity index (χ1) is 16.6. The number of aromatic amines is 2. The fourth-order valence-corrected chi connectivity index (χ4v) is 5.06. The Labute approximate surface area is 200 Å². The van der Waals surface area contributed by atoms with E-state index >= 15 is 0 Å². The SMILES string of the molecule is C=c1[nH]c(=O)/c(=C/c2ccnc(NC3CCC(NCc4cccnc4-c4ccc[nH]4)CC3)n2)s1. The highest BCUT2D eigenvalue weighted by molar-refractivity contribution is 7.07. The molecule has 4 aromatic heterocycles. The number of pyridine rings is 1. The van der Waals surface area contributed by atoms with E-state index in [2.05, 4.69) is 48.2 Å². The molecule has 1 saturated carbocycles. The third-order valence-corrected chi connectivity index (χ3v) is 6.92. The van der Waals surface area contributed by atoms with Crippen molar-refractivity contribution in [2.24, 2.45) is 0 Å². The number of anilines is 1. The third kappa shape index (κ3) is 5.32. The van der Waals surface area contributed by atoms with Gasteiger partial charge < -0.3 is 20.6 Å². The van der Waals surface area contributed by atoms with Gasteiger partial charge in [0.1, 0.15) is 0 Å². The Balaban J connectivity index is 1.16. The Kier molecular flexibility index (Phi) is 6.64. The zero-order valence-electron chi connectivity index (χ0n) is 18.8. The van der Waals surface area contributed by atoms with Gasteiger partial charge in [0.15, 0.2) is 0 Å². The van der Waals surface area contributed by atoms with Crippen LogP contribution in [0.4, 0.5) is 5.95 Å². The summed E-state index contributed by atoms with van der Waals surface area (Å²) in [6.45, 7) is 4.57. The smallest absolute Gasteiger partial charge is 0.266 e. The first-order valence-electron chi connectivity index (χ1n) is 11.4. The first-order valence-corrected chi connectivity index (χ1v) is 12.3. The summed E-state index contributed by atoms with van der Waals surface area (Å²) in [4.78, 5) is 31.4. The van der Waals surface area contributed by atoms with Crippen molar-refractivity contribution in [2.45, 2.75) is 44.3 Å². The minimum absolute atomic E-state index is 0.139. The minimum atomic E-state index is -0.139. The average Bonchev–Trinajstić information content (AvgIpc) is 3.49. The highest BCUT2D eigenvalue weighted by Crippen LogP contribution is 2.23. The number of rotatable bonds is 7. The van der Waals surface area contributed by atoms with Gasteiger partial charge in [-0.15, -0.1) is 11.3 Å². The number of aromatic nitrogens is 5. The Morgan fingerprint density at radius 1 is 1.09 bits per heavy atom. The lowest BCUT2D eigenvalue weighted by molar-refractivity contribution is 0.352. The van der Waals surface area contributed by atoms with Crippen LogP contribution in [0.2, 0.25) is 0 Å². The molecule has 0 aliphatic heterocycles. The molecule has 8 nitrogen and oxygen atoms in total. The van der Waals surface area contributed by atoms with E-state index < -0.39 is 0 Å². The van der Waals surface area contributed by atoms with E-state index in [9.17, 15) is 4.79 Å². The number of thiazole rings is 1. The van der Waals surface area contributed by atoms with E-state index in [1.54, 1.807) is 18.3 Å². The maximum absolute atomic E-state index is 11.9. The number of nitrogens with one attached hydrogen (secondary N) is 4. The Bertz CT molecular complexity index is 1400. The summed E-state index contributed by atoms with van der Waals surface area (Å²) in [5.74, 6) is 0.596. The zero-order chi connectivity index (χ0) is 23.3. The van der Waals surface area contributed by atoms with Crippen molar-refractivity contribution in [3.8, 4) is 11.4 Å². The molecule has 1 aliphatic carbocycles. The molecule has 0 radical (unpaired) electrons. The summed E-state index contributed by atoms with van der Waals surface area (Å²) >= 11 is 1.33. The van der Waals surface area contributed by atoms with Gasteiger partial charge in [0.25, 0.3) is 5.56 Å². The molecule has 0 spiro atoms. The molecule has 4 aromatic rings. The predicted molar refractivity (Wildman–Crippen MR) is 136 cm³/mol. The van der Waals surface area contributed by atoms with Crippen molar-refractivity contribution in [3.63, 3.8) is 0 Å². The minimum Gasteiger partial charge on any atom is -0.360 e. The predicted octanol–water partition coefficient (Wildman–Crippen LogP) is 2.37. The summed E-state index contributed by atoms with van der Waals surface area (Å²) in [6, 6.07) is 10.8. The van der Waals surface area contributed by atoms with E-state index in [1.165, 1.54) is 16.9 Å². The fourth-order valence-electron chi connectivity index (χ4n) is 4.32. The summed E-state index contributed by atoms with van der Waals surface area (Å²) < 4.78 is 1.23. The summed E-state index contributed by atoms with van der Waals surface area (Å²) in [7, 11) is 0. The van der Waals surface area contributed by atoms with Gasteiger partial charge in [0.05, 0.1) is 26.3 Å². The molecule has 9 heteroatoms. The molecular formula is C25H27N7OS. The molecule has 0 amide bonds. The van der Waals surface area contributed by atoms with Crippen LogP contribution in [0, 0.1) is 0 Å². The first kappa shape index (κ1) is 22.2. The van der Waals surface area contributed by atoms with Crippen molar-refractivity contribution in [3.05, 3.63) is 79.7 Å². The van der Waals surface area contributed by atoms with Crippen LogP contribution < -0.4 is 25.4 Å². The van der Waals surface area contributed by atoms with Crippen molar-refractivity contribution >= 4 is 29.9 Å². The van der Waals surface area contributed by atoms with Crippen LogP contribution in [0.3, 0.4) is 0 Å². The molecule has 0 bridgehead atoms. The molecule has 4 heterocycles. The Hall–Kier alpha value is -3.56. The van der Waals surface area contributed by atoms with E-state index in [4.69, 9.17) is 0 Å². The van der Waals surface area contributed by atoms with Gasteiger partial charge in [0.2, 0.25) is 5.95 Å². The molecule has 0 atom stereocenters. The highest BCUT2D eigenvalue weighted by atomic mass is 32.1. The van der Waals surface area contributed by atoms with Crippen LogP contribution in [0.25, 0.3) is 24.0 Å². The van der Waals surface area contributed by atoms with Gasteiger partial charge in [-0.25, -0.2) is 9.97 Å². The molecule has 5 rings (SSSR count). The number of hydrogen-bond acceptors (Lipinski definition) is 7. The molecule has 0 saturated heterocycles. The van der Waals surface area contributed by atoms with E-state index in [1.807, 2.05) is 30.6 Å². The highest BCUT2D eigenvalue weighted by Gasteiger charge is 2.22. The lowest BCUT2D eigenvalue weighted by Crippen LogP contribution is -2.37. The van der Waals surface area contributed by atoms with Gasteiger partial charge in [-0.2, -0.15) is 0 Å². The molecule has 1 aliphatic rings. The summed E-state index contributed by atoms with van der Waals surface area (Å²) in [5, 5.41) is 7.18. The van der Waals surface area contributed by atoms with Crippen molar-refractivity contribution in [2.75, 3.05) is 5.32 Å². The summed E-state index contributed by atoms with van der Waals surface area (Å²) in [6.07, 6.45) is 11.5. The van der Waals surface area contributed by atoms with Crippen molar-refractivity contribution < 1.29 is 0 Å². The van der Waals surface area contributed by atoms with E-state index in [0.717, 1.165) is 43.6 Å². The standard InChI is InChI=1S/C25H27N7OS/c1-16-30-24(33)22(34-16)14-20-10-13-28-25(32-20)31-19-8-6-18(7-9-19)29-15-17-4-2-12-27-23(17)21-5-3-11-26-21/h2-5,10-14,18-19,26,29H,1,6-9,15H2,(H,30,33)(H,28,31,32)/b22-14-. The molecule has 0 aromatic carbocycles. The molecule has 34 heavy (non-hydrogen) atoms. The van der Waals surface area contributed by atoms with Crippen LogP contribution in [-0.4, -0.2) is 37.0 Å². The van der Waals surface area contributed by atoms with Gasteiger partial charge in [-0.05, 0) is 61.6 Å². The second-order valence-corrected chi connectivity index (χ2v) is 9.60. The molecule has 1 fully saturated rings. The van der Waals surface area contributed by atoms with Gasteiger partial charge in [0, 0.05) is 37.2 Å². The normalized spacial score (nSPS) is 18.8. The maximum Gasteiger partial charge on any atom is 0.266 e. The average molecular weight is 474 g/mol. The van der Waals surface area contributed by atoms with Crippen molar-refractivity contribution in [1.29, 1.82) is 0 Å². The number of hydrogen-bond donors (Lipinski definition) is 4. The largest absolute Gasteiger partial charge is 0.360 e. The molecule has 174 valence electrons. The fraction of sp³-hybridized carbons (Fsp3) is 0.280. The maximum atomic E-state index is 11.9. The number of nitrogens with zero attached hydrogens (tertiary/aromatic N) is 3. The molecule has 0 unspecified atom stereocenters. The van der Waals surface area contributed by atoms with E-state index in [-0.39, 0.29) is 5.56 Å². The Morgan fingerprint density at radius 3 is 2.71 bits per heavy atom. The summed E-state index contributed by atoms with van der Waals surface area (Å²) in [5.41, 5.74) is 3.80. The van der Waals surface area contributed by atoms with Crippen LogP contribution in [0.1, 0.15) is 36.9 Å². The second-order valence-electron chi connectivity index (χ2n) is 8.46. The lowest BCUT2D eigenvalue weighted by atomic mass is 9.91. The number of H-pyrrole nitrogens is 2. The molecule has 4 N–H and O–H groups in total.